The lowest BCUT2D eigenvalue weighted by molar-refractivity contribution is 1.16. The van der Waals surface area contributed by atoms with E-state index in [4.69, 9.17) is 24.9 Å². The van der Waals surface area contributed by atoms with Crippen molar-refractivity contribution in [2.45, 2.75) is 0 Å². The largest absolute Gasteiger partial charge is 0.309 e. The molecule has 0 saturated carbocycles. The SMILES string of the molecule is Brc1ccc2c(c1)c1ccccc1n2-c1ccc(-c2cc(-c3ccccc3)nc(-c3ccccc3)n2)cc1.Brc1ccc2c(c1)c1ccccc1n2-c1ccc(-c2cc(-c3ccccn3)nc(-c3ccccn3)c2)cc1.Brc1ccc2c(c1)c1ccccc1n2-c1cccc(-c2nc(-c3ccccc3)cc(-c3ccccc3)n2)c1. The van der Waals surface area contributed by atoms with E-state index in [0.29, 0.717) is 5.82 Å². The van der Waals surface area contributed by atoms with Crippen LogP contribution in [0.4, 0.5) is 0 Å². The van der Waals surface area contributed by atoms with Gasteiger partial charge in [-0.05, 0) is 169 Å². The van der Waals surface area contributed by atoms with Gasteiger partial charge in [-0.1, -0.05) is 272 Å². The summed E-state index contributed by atoms with van der Waals surface area (Å²) in [6.45, 7) is 0. The predicted molar refractivity (Wildman–Crippen MR) is 479 cm³/mol. The summed E-state index contributed by atoms with van der Waals surface area (Å²) in [5.74, 6) is 1.43. The van der Waals surface area contributed by atoms with E-state index in [-0.39, 0.29) is 0 Å². The Balaban J connectivity index is 0.000000115. The van der Waals surface area contributed by atoms with Gasteiger partial charge in [-0.3, -0.25) is 9.97 Å². The Labute approximate surface area is 683 Å². The number of aromatic nitrogens is 10. The van der Waals surface area contributed by atoms with Crippen LogP contribution in [0.25, 0.3) is 184 Å². The fraction of sp³-hybridized carbons (Fsp3) is 0. The highest BCUT2D eigenvalue weighted by molar-refractivity contribution is 9.11. The van der Waals surface area contributed by atoms with Crippen LogP contribution in [0.2, 0.25) is 0 Å². The van der Waals surface area contributed by atoms with Crippen LogP contribution in [0.3, 0.4) is 0 Å². The molecule has 13 aromatic carbocycles. The number of hydrogen-bond donors (Lipinski definition) is 0. The van der Waals surface area contributed by atoms with E-state index in [0.717, 1.165) is 132 Å². The van der Waals surface area contributed by atoms with Gasteiger partial charge in [0.15, 0.2) is 11.6 Å². The molecule has 21 rings (SSSR count). The van der Waals surface area contributed by atoms with Gasteiger partial charge in [-0.25, -0.2) is 24.9 Å². The second-order valence-corrected chi connectivity index (χ2v) is 30.4. The summed E-state index contributed by atoms with van der Waals surface area (Å²) in [7, 11) is 0. The molecule has 21 aromatic rings. The molecule has 8 aromatic heterocycles. The third-order valence-electron chi connectivity index (χ3n) is 20.5. The summed E-state index contributed by atoms with van der Waals surface area (Å²) >= 11 is 10.9. The molecule has 0 fully saturated rings. The van der Waals surface area contributed by atoms with Crippen LogP contribution in [0.5, 0.6) is 0 Å². The molecule has 0 spiro atoms. The van der Waals surface area contributed by atoms with Gasteiger partial charge in [0, 0.05) is 109 Å². The maximum absolute atomic E-state index is 5.03. The highest BCUT2D eigenvalue weighted by Crippen LogP contribution is 2.40. The number of fused-ring (bicyclic) bond motifs is 9. The van der Waals surface area contributed by atoms with Crippen LogP contribution in [0, 0.1) is 0 Å². The highest BCUT2D eigenvalue weighted by Gasteiger charge is 2.20. The van der Waals surface area contributed by atoms with Gasteiger partial charge in [-0.15, -0.1) is 0 Å². The number of rotatable bonds is 12. The molecule has 0 bridgehead atoms. The maximum Gasteiger partial charge on any atom is 0.160 e. The van der Waals surface area contributed by atoms with Crippen molar-refractivity contribution in [3.63, 3.8) is 0 Å². The van der Waals surface area contributed by atoms with Gasteiger partial charge in [0.25, 0.3) is 0 Å². The molecule has 114 heavy (non-hydrogen) atoms. The Hall–Kier alpha value is -13.7. The first-order valence-corrected chi connectivity index (χ1v) is 39.8. The summed E-state index contributed by atoms with van der Waals surface area (Å²) in [6, 6.07) is 132. The van der Waals surface area contributed by atoms with Crippen molar-refractivity contribution in [3.05, 3.63) is 408 Å². The normalized spacial score (nSPS) is 11.3. The lowest BCUT2D eigenvalue weighted by atomic mass is 10.0. The third kappa shape index (κ3) is 14.2. The summed E-state index contributed by atoms with van der Waals surface area (Å²) < 4.78 is 10.2. The molecule has 0 unspecified atom stereocenters. The third-order valence-corrected chi connectivity index (χ3v) is 22.0. The van der Waals surface area contributed by atoms with E-state index in [1.165, 1.54) is 59.9 Å². The lowest BCUT2D eigenvalue weighted by Crippen LogP contribution is -1.98. The van der Waals surface area contributed by atoms with Crippen molar-refractivity contribution >= 4 is 113 Å². The van der Waals surface area contributed by atoms with Gasteiger partial charge >= 0.3 is 0 Å². The van der Waals surface area contributed by atoms with Crippen LogP contribution in [0.1, 0.15) is 0 Å². The Kier molecular flexibility index (Phi) is 19.4. The van der Waals surface area contributed by atoms with Gasteiger partial charge in [0.05, 0.1) is 78.7 Å². The summed E-state index contributed by atoms with van der Waals surface area (Å²) in [6.07, 6.45) is 3.59. The lowest BCUT2D eigenvalue weighted by Gasteiger charge is -2.12. The molecule has 0 radical (unpaired) electrons. The highest BCUT2D eigenvalue weighted by atomic mass is 79.9. The Bertz CT molecular complexity index is 6640. The van der Waals surface area contributed by atoms with Crippen molar-refractivity contribution in [1.29, 1.82) is 0 Å². The summed E-state index contributed by atoms with van der Waals surface area (Å²) in [5.41, 5.74) is 25.7. The standard InChI is InChI=1S/2C34H22BrN3.C33H21BrN4/c35-26-18-19-33-29(21-26)28-16-7-8-17-32(28)38(33)27-15-9-14-25(20-27)34-36-30(23-10-3-1-4-11-23)22-31(37-34)24-12-5-2-6-13-24;35-26-17-20-33-29(21-26)28-13-7-8-14-32(28)38(33)27-18-15-24(16-19-27)31-22-30(23-9-3-1-4-10-23)36-34(37-31)25-11-5-2-6-12-25;34-24-13-16-33-27(21-24)26-7-1-2-10-32(26)38(33)25-14-11-22(12-15-25)23-19-30(28-8-3-5-17-35-28)37-31(20-23)29-9-4-6-18-36-29/h2*1-22H;1-21H. The molecule has 0 aliphatic heterocycles. The number of benzene rings is 13. The number of pyridine rings is 3. The number of para-hydroxylation sites is 3. The number of hydrogen-bond acceptors (Lipinski definition) is 7. The smallest absolute Gasteiger partial charge is 0.160 e. The van der Waals surface area contributed by atoms with Crippen molar-refractivity contribution in [2.75, 3.05) is 0 Å². The van der Waals surface area contributed by atoms with Crippen LogP contribution < -0.4 is 0 Å². The zero-order chi connectivity index (χ0) is 76.4. The van der Waals surface area contributed by atoms with Crippen LogP contribution in [0.15, 0.2) is 408 Å². The predicted octanol–water partition coefficient (Wildman–Crippen LogP) is 27.4. The number of nitrogens with zero attached hydrogens (tertiary/aromatic N) is 10. The van der Waals surface area contributed by atoms with E-state index in [1.807, 2.05) is 109 Å². The molecule has 0 atom stereocenters. The van der Waals surface area contributed by atoms with Crippen molar-refractivity contribution in [2.24, 2.45) is 0 Å². The Morgan fingerprint density at radius 1 is 0.175 bits per heavy atom. The molecular weight excluding hydrogens is 1590 g/mol. The van der Waals surface area contributed by atoms with Crippen LogP contribution in [-0.2, 0) is 0 Å². The molecule has 0 aliphatic carbocycles. The maximum atomic E-state index is 5.03. The molecular formula is C101H65Br3N10. The zero-order valence-electron chi connectivity index (χ0n) is 61.1. The van der Waals surface area contributed by atoms with Gasteiger partial charge in [0.2, 0.25) is 0 Å². The average molecular weight is 1660 g/mol. The first-order chi connectivity index (χ1) is 56.2. The van der Waals surface area contributed by atoms with Crippen molar-refractivity contribution in [1.82, 2.24) is 48.6 Å². The zero-order valence-corrected chi connectivity index (χ0v) is 65.9. The fourth-order valence-corrected chi connectivity index (χ4v) is 16.3. The molecule has 0 saturated heterocycles. The molecule has 13 heteroatoms. The van der Waals surface area contributed by atoms with Crippen molar-refractivity contribution in [3.8, 4) is 119 Å². The summed E-state index contributed by atoms with van der Waals surface area (Å²) in [4.78, 5) is 33.9. The first kappa shape index (κ1) is 70.7. The first-order valence-electron chi connectivity index (χ1n) is 37.5. The van der Waals surface area contributed by atoms with E-state index in [9.17, 15) is 0 Å². The quantitative estimate of drug-likeness (QED) is 0.120. The van der Waals surface area contributed by atoms with Crippen LogP contribution in [-0.4, -0.2) is 48.6 Å². The monoisotopic (exact) mass is 1650 g/mol. The van der Waals surface area contributed by atoms with E-state index < -0.39 is 0 Å². The van der Waals surface area contributed by atoms with E-state index in [2.05, 4.69) is 344 Å². The van der Waals surface area contributed by atoms with Crippen molar-refractivity contribution < 1.29 is 0 Å². The molecule has 0 aliphatic rings. The minimum atomic E-state index is 0.704. The second-order valence-electron chi connectivity index (χ2n) is 27.6. The molecule has 8 heterocycles. The van der Waals surface area contributed by atoms with Gasteiger partial charge < -0.3 is 13.7 Å². The van der Waals surface area contributed by atoms with Gasteiger partial charge in [0.1, 0.15) is 0 Å². The molecule has 0 amide bonds. The minimum absolute atomic E-state index is 0.704. The van der Waals surface area contributed by atoms with E-state index in [1.54, 1.807) is 12.4 Å². The summed E-state index contributed by atoms with van der Waals surface area (Å²) in [5, 5.41) is 7.38. The Morgan fingerprint density at radius 3 is 0.895 bits per heavy atom. The fourth-order valence-electron chi connectivity index (χ4n) is 15.2. The molecule has 10 nitrogen and oxygen atoms in total. The number of halogens is 3. The molecule has 0 N–H and O–H groups in total. The van der Waals surface area contributed by atoms with E-state index >= 15 is 0 Å². The average Bonchev–Trinajstić information content (AvgIpc) is 1.61. The topological polar surface area (TPSA) is 105 Å². The van der Waals surface area contributed by atoms with Crippen LogP contribution >= 0.6 is 47.8 Å². The minimum Gasteiger partial charge on any atom is -0.309 e. The van der Waals surface area contributed by atoms with Gasteiger partial charge in [-0.2, -0.15) is 0 Å². The Morgan fingerprint density at radius 2 is 0.500 bits per heavy atom. The second kappa shape index (κ2) is 31.2. The molecule has 540 valence electrons.